The molecule has 0 aliphatic rings. The monoisotopic (exact) mass is 397 g/mol. The summed E-state index contributed by atoms with van der Waals surface area (Å²) < 4.78 is 6.84. The van der Waals surface area contributed by atoms with Gasteiger partial charge in [0, 0.05) is 23.4 Å². The summed E-state index contributed by atoms with van der Waals surface area (Å²) in [6.45, 7) is 0.430. The number of carbonyl (C=O) groups excluding carboxylic acids is 1. The van der Waals surface area contributed by atoms with Crippen LogP contribution in [-0.4, -0.2) is 15.9 Å². The molecule has 0 unspecified atom stereocenters. The molecule has 0 radical (unpaired) electrons. The number of aromatic nitrogens is 2. The van der Waals surface area contributed by atoms with Crippen LogP contribution in [0.15, 0.2) is 59.1 Å². The summed E-state index contributed by atoms with van der Waals surface area (Å²) in [5.41, 5.74) is 1.86. The number of hydrogen-bond donors (Lipinski definition) is 1. The topological polar surface area (TPSA) is 68.0 Å². The van der Waals surface area contributed by atoms with Gasteiger partial charge in [-0.1, -0.05) is 23.7 Å². The van der Waals surface area contributed by atoms with Crippen molar-refractivity contribution in [1.29, 1.82) is 0 Å². The van der Waals surface area contributed by atoms with Crippen molar-refractivity contribution in [2.45, 2.75) is 19.4 Å². The Kier molecular flexibility index (Phi) is 5.18. The van der Waals surface area contributed by atoms with Crippen molar-refractivity contribution < 1.29 is 9.21 Å². The zero-order chi connectivity index (χ0) is 18.6. The van der Waals surface area contributed by atoms with E-state index in [1.807, 2.05) is 36.4 Å². The third-order valence-electron chi connectivity index (χ3n) is 4.02. The fraction of sp³-hybridized carbons (Fsp3) is 0.150. The van der Waals surface area contributed by atoms with Crippen LogP contribution in [0.3, 0.4) is 0 Å². The lowest BCUT2D eigenvalue weighted by atomic mass is 10.2. The van der Waals surface area contributed by atoms with Crippen molar-refractivity contribution in [1.82, 2.24) is 15.3 Å². The zero-order valence-electron chi connectivity index (χ0n) is 14.3. The van der Waals surface area contributed by atoms with Crippen LogP contribution in [0.5, 0.6) is 0 Å². The second-order valence-electron chi connectivity index (χ2n) is 5.98. The van der Waals surface area contributed by atoms with E-state index in [4.69, 9.17) is 16.0 Å². The van der Waals surface area contributed by atoms with Gasteiger partial charge in [-0.15, -0.1) is 11.3 Å². The summed E-state index contributed by atoms with van der Waals surface area (Å²) in [7, 11) is 0. The first-order valence-electron chi connectivity index (χ1n) is 8.49. The second kappa shape index (κ2) is 7.90. The van der Waals surface area contributed by atoms with Crippen molar-refractivity contribution in [3.8, 4) is 11.3 Å². The number of oxazole rings is 1. The van der Waals surface area contributed by atoms with Gasteiger partial charge >= 0.3 is 0 Å². The molecular weight excluding hydrogens is 382 g/mol. The summed E-state index contributed by atoms with van der Waals surface area (Å²) in [5, 5.41) is 4.46. The van der Waals surface area contributed by atoms with E-state index in [9.17, 15) is 4.79 Å². The normalized spacial score (nSPS) is 11.0. The minimum Gasteiger partial charge on any atom is -0.441 e. The van der Waals surface area contributed by atoms with Crippen LogP contribution >= 0.6 is 22.9 Å². The Labute approximate surface area is 165 Å². The number of halogens is 1. The summed E-state index contributed by atoms with van der Waals surface area (Å²) >= 11 is 7.48. The van der Waals surface area contributed by atoms with Crippen molar-refractivity contribution in [3.05, 3.63) is 70.6 Å². The lowest BCUT2D eigenvalue weighted by Gasteiger charge is -2.01. The summed E-state index contributed by atoms with van der Waals surface area (Å²) in [6, 6.07) is 15.3. The van der Waals surface area contributed by atoms with Gasteiger partial charge in [-0.05, 0) is 36.4 Å². The Hall–Kier alpha value is -2.70. The average molecular weight is 398 g/mol. The molecular formula is C20H16ClN3O2S. The van der Waals surface area contributed by atoms with E-state index in [2.05, 4.69) is 15.3 Å². The van der Waals surface area contributed by atoms with E-state index < -0.39 is 0 Å². The summed E-state index contributed by atoms with van der Waals surface area (Å²) in [4.78, 5) is 20.9. The minimum atomic E-state index is -0.0551. The van der Waals surface area contributed by atoms with Gasteiger partial charge in [0.05, 0.1) is 23.0 Å². The molecule has 0 saturated carbocycles. The Morgan fingerprint density at radius 1 is 1.15 bits per heavy atom. The molecule has 0 spiro atoms. The molecule has 0 saturated heterocycles. The van der Waals surface area contributed by atoms with E-state index in [1.165, 1.54) is 0 Å². The van der Waals surface area contributed by atoms with Crippen molar-refractivity contribution in [3.63, 3.8) is 0 Å². The standard InChI is InChI=1S/C20H16ClN3O2S/c21-14-7-5-13(6-8-14)16-11-23-19(26-16)10-9-18(25)22-12-20-24-15-3-1-2-4-17(15)27-20/h1-8,11H,9-10,12H2,(H,22,25). The maximum absolute atomic E-state index is 12.1. The maximum atomic E-state index is 12.1. The highest BCUT2D eigenvalue weighted by Crippen LogP contribution is 2.23. The van der Waals surface area contributed by atoms with Crippen LogP contribution in [0.2, 0.25) is 5.02 Å². The molecule has 0 aliphatic heterocycles. The number of benzene rings is 2. The molecule has 0 bridgehead atoms. The first-order valence-corrected chi connectivity index (χ1v) is 9.68. The number of hydrogen-bond acceptors (Lipinski definition) is 5. The summed E-state index contributed by atoms with van der Waals surface area (Å²) in [6.07, 6.45) is 2.42. The highest BCUT2D eigenvalue weighted by molar-refractivity contribution is 7.18. The molecule has 0 atom stereocenters. The number of thiazole rings is 1. The van der Waals surface area contributed by atoms with Crippen LogP contribution in [0, 0.1) is 0 Å². The molecule has 2 aromatic carbocycles. The van der Waals surface area contributed by atoms with E-state index in [-0.39, 0.29) is 5.91 Å². The molecule has 2 heterocycles. The number of carbonyl (C=O) groups is 1. The molecule has 1 N–H and O–H groups in total. The first-order chi connectivity index (χ1) is 13.2. The molecule has 0 aliphatic carbocycles. The molecule has 4 aromatic rings. The van der Waals surface area contributed by atoms with E-state index in [1.54, 1.807) is 29.7 Å². The first kappa shape index (κ1) is 17.7. The molecule has 1 amide bonds. The average Bonchev–Trinajstić information content (AvgIpc) is 3.32. The number of amides is 1. The van der Waals surface area contributed by atoms with Crippen LogP contribution in [0.1, 0.15) is 17.3 Å². The van der Waals surface area contributed by atoms with Crippen LogP contribution < -0.4 is 5.32 Å². The Bertz CT molecular complexity index is 1040. The third kappa shape index (κ3) is 4.35. The fourth-order valence-corrected chi connectivity index (χ4v) is 3.69. The molecule has 0 fully saturated rings. The predicted molar refractivity (Wildman–Crippen MR) is 107 cm³/mol. The Balaban J connectivity index is 1.29. The highest BCUT2D eigenvalue weighted by Gasteiger charge is 2.10. The number of nitrogens with zero attached hydrogens (tertiary/aromatic N) is 2. The number of para-hydroxylation sites is 1. The minimum absolute atomic E-state index is 0.0551. The van der Waals surface area contributed by atoms with Crippen molar-refractivity contribution in [2.24, 2.45) is 0 Å². The third-order valence-corrected chi connectivity index (χ3v) is 5.31. The van der Waals surface area contributed by atoms with Gasteiger partial charge in [0.15, 0.2) is 11.7 Å². The smallest absolute Gasteiger partial charge is 0.220 e. The van der Waals surface area contributed by atoms with Crippen LogP contribution in [0.4, 0.5) is 0 Å². The lowest BCUT2D eigenvalue weighted by molar-refractivity contribution is -0.121. The van der Waals surface area contributed by atoms with Gasteiger partial charge in [-0.2, -0.15) is 0 Å². The number of fused-ring (bicyclic) bond motifs is 1. The number of rotatable bonds is 6. The van der Waals surface area contributed by atoms with Crippen LogP contribution in [-0.2, 0) is 17.8 Å². The van der Waals surface area contributed by atoms with Gasteiger partial charge in [0.2, 0.25) is 5.91 Å². The molecule has 7 heteroatoms. The zero-order valence-corrected chi connectivity index (χ0v) is 15.9. The molecule has 4 rings (SSSR count). The highest BCUT2D eigenvalue weighted by atomic mass is 35.5. The van der Waals surface area contributed by atoms with Gasteiger partial charge in [-0.25, -0.2) is 9.97 Å². The van der Waals surface area contributed by atoms with E-state index in [0.29, 0.717) is 36.1 Å². The largest absolute Gasteiger partial charge is 0.441 e. The molecule has 2 aromatic heterocycles. The maximum Gasteiger partial charge on any atom is 0.220 e. The molecule has 27 heavy (non-hydrogen) atoms. The summed E-state index contributed by atoms with van der Waals surface area (Å²) in [5.74, 6) is 1.15. The van der Waals surface area contributed by atoms with Crippen molar-refractivity contribution >= 4 is 39.1 Å². The SMILES string of the molecule is O=C(CCc1ncc(-c2ccc(Cl)cc2)o1)NCc1nc2ccccc2s1. The van der Waals surface area contributed by atoms with Gasteiger partial charge in [-0.3, -0.25) is 4.79 Å². The fourth-order valence-electron chi connectivity index (χ4n) is 2.65. The van der Waals surface area contributed by atoms with Crippen LogP contribution in [0.25, 0.3) is 21.5 Å². The number of aryl methyl sites for hydroxylation is 1. The Morgan fingerprint density at radius 3 is 2.78 bits per heavy atom. The van der Waals surface area contributed by atoms with Crippen molar-refractivity contribution in [2.75, 3.05) is 0 Å². The number of nitrogens with one attached hydrogen (secondary N) is 1. The van der Waals surface area contributed by atoms with Gasteiger partial charge in [0.25, 0.3) is 0 Å². The molecule has 5 nitrogen and oxygen atoms in total. The lowest BCUT2D eigenvalue weighted by Crippen LogP contribution is -2.22. The predicted octanol–water partition coefficient (Wildman–Crippen LogP) is 4.85. The molecule has 136 valence electrons. The van der Waals surface area contributed by atoms with Gasteiger partial charge in [0.1, 0.15) is 5.01 Å². The quantitative estimate of drug-likeness (QED) is 0.504. The van der Waals surface area contributed by atoms with Gasteiger partial charge < -0.3 is 9.73 Å². The second-order valence-corrected chi connectivity index (χ2v) is 7.53. The van der Waals surface area contributed by atoms with E-state index >= 15 is 0 Å². The Morgan fingerprint density at radius 2 is 1.96 bits per heavy atom. The van der Waals surface area contributed by atoms with E-state index in [0.717, 1.165) is 20.8 Å².